The predicted molar refractivity (Wildman–Crippen MR) is 70.5 cm³/mol. The molecule has 0 aromatic heterocycles. The van der Waals surface area contributed by atoms with Gasteiger partial charge in [0.05, 0.1) is 5.92 Å². The minimum absolute atomic E-state index is 0.105. The summed E-state index contributed by atoms with van der Waals surface area (Å²) in [6.07, 6.45) is 0.630. The van der Waals surface area contributed by atoms with Gasteiger partial charge in [0.2, 0.25) is 0 Å². The topological polar surface area (TPSA) is 37.3 Å². The molecule has 1 atom stereocenters. The zero-order valence-electron chi connectivity index (χ0n) is 11.4. The van der Waals surface area contributed by atoms with Crippen LogP contribution in [0.1, 0.15) is 56.7 Å². The Labute approximate surface area is 104 Å². The number of hydrogen-bond donors (Lipinski definition) is 1. The molecule has 1 aromatic carbocycles. The molecule has 94 valence electrons. The van der Waals surface area contributed by atoms with Crippen LogP contribution in [0.25, 0.3) is 0 Å². The van der Waals surface area contributed by atoms with E-state index in [-0.39, 0.29) is 11.3 Å². The van der Waals surface area contributed by atoms with Crippen LogP contribution in [0.3, 0.4) is 0 Å². The Morgan fingerprint density at radius 2 is 1.94 bits per heavy atom. The van der Waals surface area contributed by atoms with Gasteiger partial charge in [-0.25, -0.2) is 0 Å². The maximum Gasteiger partial charge on any atom is 0.310 e. The Hall–Kier alpha value is -1.31. The van der Waals surface area contributed by atoms with E-state index < -0.39 is 5.97 Å². The van der Waals surface area contributed by atoms with Crippen molar-refractivity contribution in [1.82, 2.24) is 0 Å². The third-order valence-corrected chi connectivity index (χ3v) is 3.22. The van der Waals surface area contributed by atoms with Crippen LogP contribution in [-0.2, 0) is 10.2 Å². The second-order valence-corrected chi connectivity index (χ2v) is 5.62. The van der Waals surface area contributed by atoms with Crippen molar-refractivity contribution in [3.63, 3.8) is 0 Å². The van der Waals surface area contributed by atoms with E-state index in [0.29, 0.717) is 6.42 Å². The summed E-state index contributed by atoms with van der Waals surface area (Å²) >= 11 is 0. The van der Waals surface area contributed by atoms with Crippen molar-refractivity contribution in [3.05, 3.63) is 34.9 Å². The summed E-state index contributed by atoms with van der Waals surface area (Å²) in [5, 5.41) is 9.18. The van der Waals surface area contributed by atoms with Crippen LogP contribution in [-0.4, -0.2) is 11.1 Å². The molecule has 1 aromatic rings. The zero-order valence-corrected chi connectivity index (χ0v) is 11.4. The van der Waals surface area contributed by atoms with Gasteiger partial charge in [0.1, 0.15) is 0 Å². The molecule has 0 aliphatic heterocycles. The average molecular weight is 234 g/mol. The summed E-state index contributed by atoms with van der Waals surface area (Å²) in [6.45, 7) is 10.4. The van der Waals surface area contributed by atoms with E-state index in [0.717, 1.165) is 11.1 Å². The molecular formula is C15H22O2. The first-order chi connectivity index (χ1) is 7.77. The fourth-order valence-corrected chi connectivity index (χ4v) is 2.06. The largest absolute Gasteiger partial charge is 0.481 e. The quantitative estimate of drug-likeness (QED) is 0.862. The minimum atomic E-state index is -0.737. The molecule has 1 N–H and O–H groups in total. The zero-order chi connectivity index (χ0) is 13.2. The van der Waals surface area contributed by atoms with Crippen LogP contribution in [0.5, 0.6) is 0 Å². The number of aryl methyl sites for hydroxylation is 1. The normalized spacial score (nSPS) is 13.5. The molecule has 2 nitrogen and oxygen atoms in total. The minimum Gasteiger partial charge on any atom is -0.481 e. The fraction of sp³-hybridized carbons (Fsp3) is 0.533. The molecule has 0 amide bonds. The molecule has 1 unspecified atom stereocenters. The standard InChI is InChI=1S/C15H22O2/c1-6-12(14(16)17)13-8-7-11(9-10(13)2)15(3,4)5/h7-9,12H,6H2,1-5H3,(H,16,17). The summed E-state index contributed by atoms with van der Waals surface area (Å²) in [4.78, 5) is 11.2. The molecule has 0 bridgehead atoms. The second-order valence-electron chi connectivity index (χ2n) is 5.62. The summed E-state index contributed by atoms with van der Waals surface area (Å²) in [7, 11) is 0. The Morgan fingerprint density at radius 1 is 1.35 bits per heavy atom. The summed E-state index contributed by atoms with van der Waals surface area (Å²) in [5.41, 5.74) is 3.37. The number of hydrogen-bond acceptors (Lipinski definition) is 1. The number of carboxylic acids is 1. The molecule has 0 aliphatic carbocycles. The smallest absolute Gasteiger partial charge is 0.310 e. The van der Waals surface area contributed by atoms with Crippen LogP contribution >= 0.6 is 0 Å². The molecule has 0 radical (unpaired) electrons. The van der Waals surface area contributed by atoms with Gasteiger partial charge in [-0.15, -0.1) is 0 Å². The number of aliphatic carboxylic acids is 1. The Bertz CT molecular complexity index is 413. The lowest BCUT2D eigenvalue weighted by molar-refractivity contribution is -0.138. The fourth-order valence-electron chi connectivity index (χ4n) is 2.06. The maximum absolute atomic E-state index is 11.2. The molecule has 0 heterocycles. The van der Waals surface area contributed by atoms with Gasteiger partial charge in [-0.3, -0.25) is 4.79 Å². The molecular weight excluding hydrogens is 212 g/mol. The van der Waals surface area contributed by atoms with Crippen molar-refractivity contribution in [2.75, 3.05) is 0 Å². The lowest BCUT2D eigenvalue weighted by atomic mass is 9.83. The van der Waals surface area contributed by atoms with Gasteiger partial charge in [0.15, 0.2) is 0 Å². The third kappa shape index (κ3) is 3.09. The Kier molecular flexibility index (Phi) is 3.97. The maximum atomic E-state index is 11.2. The van der Waals surface area contributed by atoms with Crippen molar-refractivity contribution < 1.29 is 9.90 Å². The number of benzene rings is 1. The first-order valence-corrected chi connectivity index (χ1v) is 6.11. The van der Waals surface area contributed by atoms with Crippen LogP contribution in [0.2, 0.25) is 0 Å². The van der Waals surface area contributed by atoms with E-state index >= 15 is 0 Å². The third-order valence-electron chi connectivity index (χ3n) is 3.22. The van der Waals surface area contributed by atoms with E-state index in [1.54, 1.807) is 0 Å². The van der Waals surface area contributed by atoms with Crippen molar-refractivity contribution in [3.8, 4) is 0 Å². The van der Waals surface area contributed by atoms with E-state index in [2.05, 4.69) is 26.8 Å². The van der Waals surface area contributed by atoms with Gasteiger partial charge in [0, 0.05) is 0 Å². The molecule has 0 saturated heterocycles. The molecule has 2 heteroatoms. The van der Waals surface area contributed by atoms with Gasteiger partial charge in [0.25, 0.3) is 0 Å². The van der Waals surface area contributed by atoms with E-state index in [4.69, 9.17) is 0 Å². The van der Waals surface area contributed by atoms with E-state index in [1.165, 1.54) is 5.56 Å². The Morgan fingerprint density at radius 3 is 2.29 bits per heavy atom. The monoisotopic (exact) mass is 234 g/mol. The SMILES string of the molecule is CCC(C(=O)O)c1ccc(C(C)(C)C)cc1C. The van der Waals surface area contributed by atoms with E-state index in [1.807, 2.05) is 26.0 Å². The van der Waals surface area contributed by atoms with Crippen LogP contribution in [0.15, 0.2) is 18.2 Å². The highest BCUT2D eigenvalue weighted by atomic mass is 16.4. The summed E-state index contributed by atoms with van der Waals surface area (Å²) in [5.74, 6) is -1.12. The first kappa shape index (κ1) is 13.8. The van der Waals surface area contributed by atoms with Crippen LogP contribution < -0.4 is 0 Å². The summed E-state index contributed by atoms with van der Waals surface area (Å²) < 4.78 is 0. The molecule has 0 fully saturated rings. The van der Waals surface area contributed by atoms with Gasteiger partial charge in [-0.05, 0) is 35.4 Å². The molecule has 1 rings (SSSR count). The molecule has 0 aliphatic rings. The van der Waals surface area contributed by atoms with Gasteiger partial charge < -0.3 is 5.11 Å². The van der Waals surface area contributed by atoms with Crippen LogP contribution in [0.4, 0.5) is 0 Å². The van der Waals surface area contributed by atoms with Crippen molar-refractivity contribution >= 4 is 5.97 Å². The van der Waals surface area contributed by atoms with Crippen molar-refractivity contribution in [2.24, 2.45) is 0 Å². The number of rotatable bonds is 3. The lowest BCUT2D eigenvalue weighted by Crippen LogP contribution is -2.15. The van der Waals surface area contributed by atoms with Crippen LogP contribution in [0, 0.1) is 6.92 Å². The van der Waals surface area contributed by atoms with Gasteiger partial charge in [-0.2, -0.15) is 0 Å². The summed E-state index contributed by atoms with van der Waals surface area (Å²) in [6, 6.07) is 6.13. The van der Waals surface area contributed by atoms with Crippen molar-refractivity contribution in [1.29, 1.82) is 0 Å². The van der Waals surface area contributed by atoms with Gasteiger partial charge >= 0.3 is 5.97 Å². The predicted octanol–water partition coefficient (Wildman–Crippen LogP) is 3.87. The second kappa shape index (κ2) is 4.91. The first-order valence-electron chi connectivity index (χ1n) is 6.11. The highest BCUT2D eigenvalue weighted by Gasteiger charge is 2.21. The van der Waals surface area contributed by atoms with Gasteiger partial charge in [-0.1, -0.05) is 45.9 Å². The Balaban J connectivity index is 3.18. The molecule has 0 spiro atoms. The van der Waals surface area contributed by atoms with E-state index in [9.17, 15) is 9.90 Å². The number of carboxylic acid groups (broad SMARTS) is 1. The lowest BCUT2D eigenvalue weighted by Gasteiger charge is -2.22. The average Bonchev–Trinajstić information content (AvgIpc) is 2.19. The highest BCUT2D eigenvalue weighted by molar-refractivity contribution is 5.76. The molecule has 17 heavy (non-hydrogen) atoms. The number of carbonyl (C=O) groups is 1. The molecule has 0 saturated carbocycles. The highest BCUT2D eigenvalue weighted by Crippen LogP contribution is 2.29. The van der Waals surface area contributed by atoms with Crippen molar-refractivity contribution in [2.45, 2.75) is 52.4 Å².